The number of hydrogen-bond acceptors (Lipinski definition) is 7. The fourth-order valence-corrected chi connectivity index (χ4v) is 3.09. The molecule has 0 heterocycles. The summed E-state index contributed by atoms with van der Waals surface area (Å²) in [6, 6.07) is 10.0. The lowest BCUT2D eigenvalue weighted by molar-refractivity contribution is -0.763. The molecule has 2 rings (SSSR count). The minimum Gasteiger partial charge on any atom is -0.457 e. The highest BCUT2D eigenvalue weighted by Gasteiger charge is 2.17. The van der Waals surface area contributed by atoms with Crippen LogP contribution in [0.15, 0.2) is 47.4 Å². The van der Waals surface area contributed by atoms with Crippen molar-refractivity contribution in [1.82, 2.24) is 0 Å². The summed E-state index contributed by atoms with van der Waals surface area (Å²) in [5.74, 6) is -0.779. The molecule has 0 aliphatic heterocycles. The highest BCUT2D eigenvalue weighted by atomic mass is 35.5. The van der Waals surface area contributed by atoms with Crippen molar-refractivity contribution in [1.29, 1.82) is 0 Å². The maximum Gasteiger partial charge on any atom is 0.338 e. The van der Waals surface area contributed by atoms with Crippen LogP contribution in [0.1, 0.15) is 21.5 Å². The molecule has 0 amide bonds. The van der Waals surface area contributed by atoms with Crippen molar-refractivity contribution in [2.45, 2.75) is 18.1 Å². The molecule has 2 aromatic carbocycles. The van der Waals surface area contributed by atoms with Gasteiger partial charge >= 0.3 is 5.97 Å². The molecule has 0 aliphatic rings. The van der Waals surface area contributed by atoms with Gasteiger partial charge in [-0.2, -0.15) is 0 Å². The molecular formula is C15H13ClN2O7S. The van der Waals surface area contributed by atoms with Gasteiger partial charge in [0.2, 0.25) is 10.0 Å². The van der Waals surface area contributed by atoms with Gasteiger partial charge in [0, 0.05) is 0 Å². The van der Waals surface area contributed by atoms with Crippen molar-refractivity contribution in [3.05, 3.63) is 74.3 Å². The number of benzene rings is 2. The van der Waals surface area contributed by atoms with Crippen LogP contribution in [-0.4, -0.2) is 19.5 Å². The second-order valence-electron chi connectivity index (χ2n) is 5.08. The number of carbonyl (C=O) groups excluding carboxylic acids is 1. The minimum absolute atomic E-state index is 0.0359. The molecule has 0 saturated heterocycles. The molecule has 0 saturated carbocycles. The molecule has 0 fully saturated rings. The summed E-state index contributed by atoms with van der Waals surface area (Å²) in [4.78, 5) is 26.2. The van der Waals surface area contributed by atoms with Gasteiger partial charge in [0.25, 0.3) is 5.09 Å². The van der Waals surface area contributed by atoms with Crippen LogP contribution >= 0.6 is 11.6 Å². The van der Waals surface area contributed by atoms with Crippen LogP contribution in [0.2, 0.25) is 5.02 Å². The van der Waals surface area contributed by atoms with Crippen molar-refractivity contribution >= 4 is 27.6 Å². The van der Waals surface area contributed by atoms with Crippen molar-refractivity contribution in [3.63, 3.8) is 0 Å². The smallest absolute Gasteiger partial charge is 0.338 e. The van der Waals surface area contributed by atoms with Gasteiger partial charge in [0.1, 0.15) is 18.1 Å². The van der Waals surface area contributed by atoms with Crippen LogP contribution in [0, 0.1) is 10.1 Å². The number of halogens is 1. The van der Waals surface area contributed by atoms with E-state index in [-0.39, 0.29) is 28.7 Å². The van der Waals surface area contributed by atoms with E-state index < -0.39 is 21.1 Å². The maximum absolute atomic E-state index is 12.1. The lowest BCUT2D eigenvalue weighted by atomic mass is 10.1. The lowest BCUT2D eigenvalue weighted by Crippen LogP contribution is -2.14. The maximum atomic E-state index is 12.1. The average molecular weight is 401 g/mol. The van der Waals surface area contributed by atoms with Gasteiger partial charge in [-0.1, -0.05) is 35.9 Å². The molecule has 0 unspecified atom stereocenters. The molecule has 9 nitrogen and oxygen atoms in total. The lowest BCUT2D eigenvalue weighted by Gasteiger charge is -2.08. The third kappa shape index (κ3) is 5.41. The van der Waals surface area contributed by atoms with Gasteiger partial charge in [0.15, 0.2) is 0 Å². The Morgan fingerprint density at radius 3 is 2.42 bits per heavy atom. The number of carbonyl (C=O) groups is 1. The van der Waals surface area contributed by atoms with E-state index in [0.717, 1.165) is 6.07 Å². The fourth-order valence-electron chi connectivity index (χ4n) is 2.02. The largest absolute Gasteiger partial charge is 0.457 e. The summed E-state index contributed by atoms with van der Waals surface area (Å²) in [5.41, 5.74) is 1.06. The second kappa shape index (κ2) is 8.13. The Kier molecular flexibility index (Phi) is 6.14. The molecule has 26 heavy (non-hydrogen) atoms. The van der Waals surface area contributed by atoms with Gasteiger partial charge in [0.05, 0.1) is 10.6 Å². The van der Waals surface area contributed by atoms with E-state index in [2.05, 4.69) is 4.84 Å². The van der Waals surface area contributed by atoms with E-state index in [9.17, 15) is 23.3 Å². The quantitative estimate of drug-likeness (QED) is 0.426. The van der Waals surface area contributed by atoms with Crippen LogP contribution in [-0.2, 0) is 32.8 Å². The van der Waals surface area contributed by atoms with Crippen molar-refractivity contribution < 1.29 is 27.9 Å². The molecule has 2 aromatic rings. The van der Waals surface area contributed by atoms with Gasteiger partial charge in [-0.25, -0.2) is 18.4 Å². The van der Waals surface area contributed by atoms with Gasteiger partial charge < -0.3 is 9.57 Å². The Hall–Kier alpha value is -2.69. The Labute approximate surface area is 153 Å². The molecule has 2 N–H and O–H groups in total. The van der Waals surface area contributed by atoms with Crippen molar-refractivity contribution in [2.24, 2.45) is 5.14 Å². The summed E-state index contributed by atoms with van der Waals surface area (Å²) in [6.07, 6.45) is 0. The molecule has 0 radical (unpaired) electrons. The molecule has 0 aliphatic carbocycles. The predicted molar refractivity (Wildman–Crippen MR) is 90.2 cm³/mol. The molecule has 0 atom stereocenters. The standard InChI is InChI=1S/C15H13ClN2O7S/c16-13-5-4-12(7-14(13)26(17,22)23)15(19)24-8-10-2-1-3-11(6-10)9-25-18(20)21/h1-7H,8-9H2,(H2,17,22,23). The van der Waals surface area contributed by atoms with E-state index in [4.69, 9.17) is 21.5 Å². The van der Waals surface area contributed by atoms with Gasteiger partial charge in [-0.05, 0) is 29.3 Å². The number of esters is 1. The summed E-state index contributed by atoms with van der Waals surface area (Å²) < 4.78 is 28.0. The first kappa shape index (κ1) is 19.6. The van der Waals surface area contributed by atoms with Crippen LogP contribution in [0.4, 0.5) is 0 Å². The Bertz CT molecular complexity index is 947. The number of ether oxygens (including phenoxy) is 1. The predicted octanol–water partition coefficient (Wildman–Crippen LogP) is 2.05. The summed E-state index contributed by atoms with van der Waals surface area (Å²) in [5, 5.41) is 14.2. The van der Waals surface area contributed by atoms with E-state index >= 15 is 0 Å². The summed E-state index contributed by atoms with van der Waals surface area (Å²) in [6.45, 7) is -0.359. The van der Waals surface area contributed by atoms with E-state index in [1.807, 2.05) is 0 Å². The topological polar surface area (TPSA) is 139 Å². The number of sulfonamides is 1. The van der Waals surface area contributed by atoms with Crippen LogP contribution in [0.5, 0.6) is 0 Å². The van der Waals surface area contributed by atoms with E-state index in [1.54, 1.807) is 24.3 Å². The normalized spacial score (nSPS) is 11.0. The number of primary sulfonamides is 1. The third-order valence-electron chi connectivity index (χ3n) is 3.17. The SMILES string of the molecule is NS(=O)(=O)c1cc(C(=O)OCc2cccc(CO[N+](=O)[O-])c2)ccc1Cl. The highest BCUT2D eigenvalue weighted by Crippen LogP contribution is 2.22. The third-order valence-corrected chi connectivity index (χ3v) is 4.56. The number of nitrogens with zero attached hydrogens (tertiary/aromatic N) is 1. The van der Waals surface area contributed by atoms with Crippen LogP contribution in [0.25, 0.3) is 0 Å². The fraction of sp³-hybridized carbons (Fsp3) is 0.133. The Morgan fingerprint density at radius 2 is 1.81 bits per heavy atom. The van der Waals surface area contributed by atoms with E-state index in [1.165, 1.54) is 12.1 Å². The first-order valence-corrected chi connectivity index (χ1v) is 8.94. The second-order valence-corrected chi connectivity index (χ2v) is 7.02. The average Bonchev–Trinajstić information content (AvgIpc) is 2.57. The molecule has 0 aromatic heterocycles. The van der Waals surface area contributed by atoms with Crippen LogP contribution in [0.3, 0.4) is 0 Å². The molecule has 0 bridgehead atoms. The zero-order chi connectivity index (χ0) is 19.3. The number of nitrogens with two attached hydrogens (primary N) is 1. The van der Waals surface area contributed by atoms with Crippen molar-refractivity contribution in [3.8, 4) is 0 Å². The first-order valence-electron chi connectivity index (χ1n) is 7.01. The zero-order valence-corrected chi connectivity index (χ0v) is 14.7. The highest BCUT2D eigenvalue weighted by molar-refractivity contribution is 7.89. The molecule has 0 spiro atoms. The molecular weight excluding hydrogens is 388 g/mol. The molecule has 11 heteroatoms. The summed E-state index contributed by atoms with van der Waals surface area (Å²) in [7, 11) is -4.08. The first-order chi connectivity index (χ1) is 12.2. The number of rotatable bonds is 7. The Morgan fingerprint density at radius 1 is 1.15 bits per heavy atom. The van der Waals surface area contributed by atoms with Crippen molar-refractivity contribution in [2.75, 3.05) is 0 Å². The monoisotopic (exact) mass is 400 g/mol. The van der Waals surface area contributed by atoms with E-state index in [0.29, 0.717) is 11.1 Å². The zero-order valence-electron chi connectivity index (χ0n) is 13.1. The Balaban J connectivity index is 2.07. The van der Waals surface area contributed by atoms with Gasteiger partial charge in [-0.15, -0.1) is 10.1 Å². The van der Waals surface area contributed by atoms with Crippen LogP contribution < -0.4 is 5.14 Å². The van der Waals surface area contributed by atoms with Gasteiger partial charge in [-0.3, -0.25) is 0 Å². The number of hydrogen-bond donors (Lipinski definition) is 1. The minimum atomic E-state index is -4.08. The molecule has 138 valence electrons. The summed E-state index contributed by atoms with van der Waals surface area (Å²) >= 11 is 5.76.